The molecule has 1 unspecified atom stereocenters. The van der Waals surface area contributed by atoms with E-state index in [0.717, 1.165) is 53.9 Å². The number of amides is 1. The van der Waals surface area contributed by atoms with Gasteiger partial charge in [-0.2, -0.15) is 0 Å². The summed E-state index contributed by atoms with van der Waals surface area (Å²) in [4.78, 5) is 31.4. The predicted octanol–water partition coefficient (Wildman–Crippen LogP) is 3.46. The van der Waals surface area contributed by atoms with Crippen LogP contribution in [0.5, 0.6) is 0 Å². The molecule has 0 aromatic carbocycles. The van der Waals surface area contributed by atoms with Gasteiger partial charge in [-0.25, -0.2) is 15.0 Å². The highest BCUT2D eigenvalue weighted by molar-refractivity contribution is 7.15. The SMILES string of the molecule is Cc1nc(Nc2ncc(C)s2)cc(C2CCCCN2C(=O)/C=C/CN(C)C)n1. The van der Waals surface area contributed by atoms with Gasteiger partial charge in [-0.3, -0.25) is 4.79 Å². The van der Waals surface area contributed by atoms with Crippen LogP contribution < -0.4 is 5.32 Å². The number of thiazole rings is 1. The van der Waals surface area contributed by atoms with Gasteiger partial charge in [-0.05, 0) is 47.2 Å². The van der Waals surface area contributed by atoms with E-state index >= 15 is 0 Å². The number of nitrogens with one attached hydrogen (secondary N) is 1. The molecule has 0 saturated carbocycles. The van der Waals surface area contributed by atoms with Crippen LogP contribution in [0.1, 0.15) is 41.7 Å². The number of rotatable bonds is 6. The molecule has 1 amide bonds. The standard InChI is InChI=1S/C20H28N6OS/c1-14-13-21-20(28-14)24-18-12-16(22-15(2)23-18)17-8-5-6-11-26(17)19(27)9-7-10-25(3)4/h7,9,12-13,17H,5-6,8,10-11H2,1-4H3,(H,21,22,23,24)/b9-7+. The lowest BCUT2D eigenvalue weighted by molar-refractivity contribution is -0.129. The lowest BCUT2D eigenvalue weighted by Crippen LogP contribution is -2.38. The molecule has 3 heterocycles. The molecule has 1 atom stereocenters. The third-order valence-corrected chi connectivity index (χ3v) is 5.40. The first-order valence-electron chi connectivity index (χ1n) is 9.59. The molecule has 1 aliphatic heterocycles. The van der Waals surface area contributed by atoms with Crippen molar-refractivity contribution in [3.05, 3.63) is 40.8 Å². The van der Waals surface area contributed by atoms with Gasteiger partial charge in [0.05, 0.1) is 11.7 Å². The molecule has 3 rings (SSSR count). The van der Waals surface area contributed by atoms with E-state index in [1.165, 1.54) is 0 Å². The van der Waals surface area contributed by atoms with Crippen molar-refractivity contribution in [2.24, 2.45) is 0 Å². The summed E-state index contributed by atoms with van der Waals surface area (Å²) in [7, 11) is 3.97. The largest absolute Gasteiger partial charge is 0.331 e. The smallest absolute Gasteiger partial charge is 0.246 e. The molecular formula is C20H28N6OS. The number of hydrogen-bond acceptors (Lipinski definition) is 7. The summed E-state index contributed by atoms with van der Waals surface area (Å²) in [6.45, 7) is 5.41. The number of nitrogens with zero attached hydrogens (tertiary/aromatic N) is 5. The van der Waals surface area contributed by atoms with Crippen molar-refractivity contribution < 1.29 is 4.79 Å². The molecule has 150 valence electrons. The number of anilines is 2. The molecule has 1 N–H and O–H groups in total. The van der Waals surface area contributed by atoms with Crippen LogP contribution in [0.4, 0.5) is 10.9 Å². The quantitative estimate of drug-likeness (QED) is 0.749. The molecule has 8 heteroatoms. The molecule has 1 aliphatic rings. The summed E-state index contributed by atoms with van der Waals surface area (Å²) < 4.78 is 0. The Kier molecular flexibility index (Phi) is 6.74. The molecule has 1 saturated heterocycles. The van der Waals surface area contributed by atoms with Gasteiger partial charge in [-0.15, -0.1) is 11.3 Å². The minimum atomic E-state index is -0.0227. The first-order valence-corrected chi connectivity index (χ1v) is 10.4. The number of carbonyl (C=O) groups excluding carboxylic acids is 1. The Morgan fingerprint density at radius 1 is 1.36 bits per heavy atom. The number of likely N-dealkylation sites (N-methyl/N-ethyl adjacent to an activating group) is 1. The predicted molar refractivity (Wildman–Crippen MR) is 113 cm³/mol. The molecule has 0 aliphatic carbocycles. The number of carbonyl (C=O) groups is 1. The average molecular weight is 401 g/mol. The highest BCUT2D eigenvalue weighted by Crippen LogP contribution is 2.31. The van der Waals surface area contributed by atoms with E-state index in [0.29, 0.717) is 5.82 Å². The van der Waals surface area contributed by atoms with Gasteiger partial charge in [-0.1, -0.05) is 6.08 Å². The molecule has 28 heavy (non-hydrogen) atoms. The maximum absolute atomic E-state index is 12.8. The van der Waals surface area contributed by atoms with E-state index in [9.17, 15) is 4.79 Å². The minimum Gasteiger partial charge on any atom is -0.331 e. The Morgan fingerprint density at radius 2 is 2.18 bits per heavy atom. The highest BCUT2D eigenvalue weighted by Gasteiger charge is 2.28. The maximum atomic E-state index is 12.8. The van der Waals surface area contributed by atoms with Crippen LogP contribution in [-0.2, 0) is 4.79 Å². The molecule has 7 nitrogen and oxygen atoms in total. The topological polar surface area (TPSA) is 74.2 Å². The van der Waals surface area contributed by atoms with Gasteiger partial charge in [0.15, 0.2) is 5.13 Å². The van der Waals surface area contributed by atoms with E-state index in [1.807, 2.05) is 56.1 Å². The van der Waals surface area contributed by atoms with Crippen LogP contribution in [-0.4, -0.2) is 57.8 Å². The molecular weight excluding hydrogens is 372 g/mol. The summed E-state index contributed by atoms with van der Waals surface area (Å²) in [5.41, 5.74) is 0.886. The van der Waals surface area contributed by atoms with Crippen LogP contribution in [0.25, 0.3) is 0 Å². The number of aromatic nitrogens is 3. The van der Waals surface area contributed by atoms with Crippen LogP contribution in [0.3, 0.4) is 0 Å². The van der Waals surface area contributed by atoms with Crippen molar-refractivity contribution in [1.29, 1.82) is 0 Å². The number of hydrogen-bond donors (Lipinski definition) is 1. The van der Waals surface area contributed by atoms with Crippen molar-refractivity contribution in [2.45, 2.75) is 39.2 Å². The second kappa shape index (κ2) is 9.25. The number of piperidine rings is 1. The molecule has 2 aromatic heterocycles. The second-order valence-corrected chi connectivity index (χ2v) is 8.57. The van der Waals surface area contributed by atoms with Crippen molar-refractivity contribution in [3.8, 4) is 0 Å². The number of likely N-dealkylation sites (tertiary alicyclic amines) is 1. The van der Waals surface area contributed by atoms with Gasteiger partial charge in [0.25, 0.3) is 0 Å². The first-order chi connectivity index (χ1) is 13.4. The third kappa shape index (κ3) is 5.36. The fourth-order valence-electron chi connectivity index (χ4n) is 3.31. The Bertz CT molecular complexity index is 847. The Balaban J connectivity index is 1.80. The fraction of sp³-hybridized carbons (Fsp3) is 0.500. The zero-order valence-corrected chi connectivity index (χ0v) is 17.8. The van der Waals surface area contributed by atoms with Crippen molar-refractivity contribution in [3.63, 3.8) is 0 Å². The van der Waals surface area contributed by atoms with Gasteiger partial charge in [0, 0.05) is 36.3 Å². The zero-order valence-electron chi connectivity index (χ0n) is 17.0. The second-order valence-electron chi connectivity index (χ2n) is 7.33. The van der Waals surface area contributed by atoms with Crippen LogP contribution in [0.15, 0.2) is 24.4 Å². The Morgan fingerprint density at radius 3 is 2.89 bits per heavy atom. The van der Waals surface area contributed by atoms with E-state index in [2.05, 4.69) is 20.3 Å². The molecule has 2 aromatic rings. The van der Waals surface area contributed by atoms with E-state index in [4.69, 9.17) is 0 Å². The van der Waals surface area contributed by atoms with Gasteiger partial charge >= 0.3 is 0 Å². The lowest BCUT2D eigenvalue weighted by atomic mass is 9.98. The minimum absolute atomic E-state index is 0.0227. The molecule has 1 fully saturated rings. The molecule has 0 spiro atoms. The van der Waals surface area contributed by atoms with Crippen LogP contribution in [0.2, 0.25) is 0 Å². The normalized spacial score (nSPS) is 17.5. The lowest BCUT2D eigenvalue weighted by Gasteiger charge is -2.35. The van der Waals surface area contributed by atoms with Crippen molar-refractivity contribution >= 4 is 28.2 Å². The van der Waals surface area contributed by atoms with Gasteiger partial charge < -0.3 is 15.1 Å². The average Bonchev–Trinajstić information content (AvgIpc) is 3.05. The molecule has 0 bridgehead atoms. The highest BCUT2D eigenvalue weighted by atomic mass is 32.1. The third-order valence-electron chi connectivity index (χ3n) is 4.57. The van der Waals surface area contributed by atoms with Gasteiger partial charge in [0.1, 0.15) is 11.6 Å². The van der Waals surface area contributed by atoms with Gasteiger partial charge in [0.2, 0.25) is 5.91 Å². The maximum Gasteiger partial charge on any atom is 0.246 e. The van der Waals surface area contributed by atoms with E-state index in [-0.39, 0.29) is 11.9 Å². The first kappa shape index (κ1) is 20.4. The summed E-state index contributed by atoms with van der Waals surface area (Å²) in [6, 6.07) is 1.93. The van der Waals surface area contributed by atoms with E-state index < -0.39 is 0 Å². The fourth-order valence-corrected chi connectivity index (χ4v) is 3.98. The van der Waals surface area contributed by atoms with Crippen LogP contribution >= 0.6 is 11.3 Å². The Hall–Kier alpha value is -2.32. The zero-order chi connectivity index (χ0) is 20.1. The monoisotopic (exact) mass is 400 g/mol. The summed E-state index contributed by atoms with van der Waals surface area (Å²) in [6.07, 6.45) is 8.47. The van der Waals surface area contributed by atoms with Crippen LogP contribution in [0, 0.1) is 13.8 Å². The van der Waals surface area contributed by atoms with E-state index in [1.54, 1.807) is 17.4 Å². The summed E-state index contributed by atoms with van der Waals surface area (Å²) in [5.74, 6) is 1.46. The summed E-state index contributed by atoms with van der Waals surface area (Å²) >= 11 is 1.59. The summed E-state index contributed by atoms with van der Waals surface area (Å²) in [5, 5.41) is 4.08. The molecule has 0 radical (unpaired) electrons. The number of aryl methyl sites for hydroxylation is 2. The Labute approximate surface area is 170 Å². The van der Waals surface area contributed by atoms with Crippen molar-refractivity contribution in [2.75, 3.05) is 32.5 Å². The van der Waals surface area contributed by atoms with Crippen molar-refractivity contribution in [1.82, 2.24) is 24.8 Å².